The van der Waals surface area contributed by atoms with E-state index in [0.717, 1.165) is 12.1 Å². The Morgan fingerprint density at radius 3 is 2.41 bits per heavy atom. The van der Waals surface area contributed by atoms with Gasteiger partial charge in [-0.25, -0.2) is 4.79 Å². The van der Waals surface area contributed by atoms with E-state index in [-0.39, 0.29) is 16.4 Å². The number of halogens is 3. The molecule has 0 unspecified atom stereocenters. The van der Waals surface area contributed by atoms with E-state index in [9.17, 15) is 19.7 Å². The number of nitro groups is 1. The molecule has 0 saturated carbocycles. The van der Waals surface area contributed by atoms with Crippen molar-refractivity contribution >= 4 is 64.1 Å². The van der Waals surface area contributed by atoms with Crippen LogP contribution in [0, 0.1) is 10.1 Å². The average Bonchev–Trinajstić information content (AvgIpc) is 2.61. The molecule has 0 heterocycles. The van der Waals surface area contributed by atoms with E-state index in [1.165, 1.54) is 18.2 Å². The lowest BCUT2D eigenvalue weighted by Gasteiger charge is -2.07. The molecule has 0 spiro atoms. The lowest BCUT2D eigenvalue weighted by atomic mass is 10.2. The number of carbonyl (C=O) groups excluding carboxylic acids is 2. The van der Waals surface area contributed by atoms with E-state index in [1.54, 1.807) is 18.2 Å². The highest BCUT2D eigenvalue weighted by Gasteiger charge is 2.13. The summed E-state index contributed by atoms with van der Waals surface area (Å²) in [6, 6.07) is 8.44. The molecule has 2 rings (SSSR count). The van der Waals surface area contributed by atoms with Gasteiger partial charge in [-0.1, -0.05) is 40.9 Å². The molecule has 140 valence electrons. The molecule has 0 aromatic heterocycles. The van der Waals surface area contributed by atoms with Gasteiger partial charge in [-0.05, 0) is 24.3 Å². The van der Waals surface area contributed by atoms with E-state index in [0.29, 0.717) is 15.6 Å². The van der Waals surface area contributed by atoms with Crippen LogP contribution in [-0.2, 0) is 14.3 Å². The van der Waals surface area contributed by atoms with Crippen LogP contribution in [0.5, 0.6) is 0 Å². The fourth-order valence-corrected chi connectivity index (χ4v) is 2.60. The average molecular weight is 430 g/mol. The molecule has 0 aliphatic rings. The highest BCUT2D eigenvalue weighted by molar-refractivity contribution is 6.37. The lowest BCUT2D eigenvalue weighted by molar-refractivity contribution is -0.384. The van der Waals surface area contributed by atoms with Gasteiger partial charge in [0.15, 0.2) is 6.61 Å². The zero-order valence-corrected chi connectivity index (χ0v) is 15.7. The number of nitrogens with zero attached hydrogens (tertiary/aromatic N) is 1. The zero-order chi connectivity index (χ0) is 20.0. The molecule has 1 amide bonds. The Bertz CT molecular complexity index is 911. The maximum absolute atomic E-state index is 11.8. The Labute approximate surface area is 168 Å². The molecule has 0 bridgehead atoms. The fraction of sp³-hybridized carbons (Fsp3) is 0.0588. The highest BCUT2D eigenvalue weighted by Crippen LogP contribution is 2.27. The van der Waals surface area contributed by atoms with Crippen molar-refractivity contribution in [2.75, 3.05) is 11.9 Å². The van der Waals surface area contributed by atoms with Crippen molar-refractivity contribution in [1.29, 1.82) is 0 Å². The number of hydrogen-bond acceptors (Lipinski definition) is 5. The summed E-state index contributed by atoms with van der Waals surface area (Å²) < 4.78 is 4.79. The molecule has 7 nitrogen and oxygen atoms in total. The van der Waals surface area contributed by atoms with Gasteiger partial charge in [0.25, 0.3) is 11.6 Å². The van der Waals surface area contributed by atoms with Crippen molar-refractivity contribution in [1.82, 2.24) is 0 Å². The Morgan fingerprint density at radius 1 is 1.11 bits per heavy atom. The predicted octanol–water partition coefficient (Wildman–Crippen LogP) is 4.75. The summed E-state index contributed by atoms with van der Waals surface area (Å²) in [7, 11) is 0. The van der Waals surface area contributed by atoms with Gasteiger partial charge in [0.2, 0.25) is 0 Å². The van der Waals surface area contributed by atoms with Gasteiger partial charge in [-0.3, -0.25) is 14.9 Å². The SMILES string of the molecule is O=C(COC(=O)/C=C/c1c(Cl)cccc1Cl)Nc1cc([N+](=O)[O-])ccc1Cl. The number of ether oxygens (including phenoxy) is 1. The number of rotatable bonds is 6. The van der Waals surface area contributed by atoms with Gasteiger partial charge in [0.1, 0.15) is 0 Å². The third kappa shape index (κ3) is 5.96. The minimum Gasteiger partial charge on any atom is -0.452 e. The van der Waals surface area contributed by atoms with Crippen LogP contribution in [0.3, 0.4) is 0 Å². The van der Waals surface area contributed by atoms with Gasteiger partial charge in [-0.2, -0.15) is 0 Å². The standard InChI is InChI=1S/C17H11Cl3N2O5/c18-12-2-1-3-13(19)11(12)5-7-17(24)27-9-16(23)21-15-8-10(22(25)26)4-6-14(15)20/h1-8H,9H2,(H,21,23)/b7-5+. The molecule has 2 aromatic rings. The molecule has 27 heavy (non-hydrogen) atoms. The summed E-state index contributed by atoms with van der Waals surface area (Å²) in [4.78, 5) is 33.7. The molecule has 10 heteroatoms. The fourth-order valence-electron chi connectivity index (χ4n) is 1.92. The smallest absolute Gasteiger partial charge is 0.331 e. The second kappa shape index (κ2) is 9.36. The summed E-state index contributed by atoms with van der Waals surface area (Å²) >= 11 is 17.8. The first-order valence-corrected chi connectivity index (χ1v) is 8.44. The molecule has 0 atom stereocenters. The third-order valence-electron chi connectivity index (χ3n) is 3.17. The van der Waals surface area contributed by atoms with Crippen molar-refractivity contribution in [3.05, 3.63) is 73.2 Å². The first-order valence-electron chi connectivity index (χ1n) is 7.30. The van der Waals surface area contributed by atoms with Gasteiger partial charge in [0.05, 0.1) is 15.6 Å². The molecule has 2 aromatic carbocycles. The largest absolute Gasteiger partial charge is 0.452 e. The van der Waals surface area contributed by atoms with Crippen LogP contribution in [-0.4, -0.2) is 23.4 Å². The van der Waals surface area contributed by atoms with Crippen LogP contribution >= 0.6 is 34.8 Å². The number of carbonyl (C=O) groups is 2. The second-order valence-corrected chi connectivity index (χ2v) is 6.27. The van der Waals surface area contributed by atoms with E-state index in [1.807, 2.05) is 0 Å². The Hall–Kier alpha value is -2.61. The van der Waals surface area contributed by atoms with Gasteiger partial charge in [0, 0.05) is 33.8 Å². The summed E-state index contributed by atoms with van der Waals surface area (Å²) in [5, 5.41) is 13.9. The molecular weight excluding hydrogens is 419 g/mol. The van der Waals surface area contributed by atoms with Crippen molar-refractivity contribution in [2.24, 2.45) is 0 Å². The van der Waals surface area contributed by atoms with Crippen molar-refractivity contribution in [3.8, 4) is 0 Å². The third-order valence-corrected chi connectivity index (χ3v) is 4.15. The number of esters is 1. The van der Waals surface area contributed by atoms with E-state index in [2.05, 4.69) is 5.32 Å². The van der Waals surface area contributed by atoms with Crippen molar-refractivity contribution < 1.29 is 19.2 Å². The first-order chi connectivity index (χ1) is 12.8. The Kier molecular flexibility index (Phi) is 7.18. The minimum atomic E-state index is -0.800. The number of nitro benzene ring substituents is 1. The summed E-state index contributed by atoms with van der Waals surface area (Å²) in [6.07, 6.45) is 2.43. The maximum atomic E-state index is 11.8. The van der Waals surface area contributed by atoms with Crippen molar-refractivity contribution in [3.63, 3.8) is 0 Å². The predicted molar refractivity (Wildman–Crippen MR) is 103 cm³/mol. The van der Waals surface area contributed by atoms with E-state index >= 15 is 0 Å². The number of nitrogens with one attached hydrogen (secondary N) is 1. The number of amides is 1. The lowest BCUT2D eigenvalue weighted by Crippen LogP contribution is -2.20. The molecule has 0 radical (unpaired) electrons. The number of hydrogen-bond donors (Lipinski definition) is 1. The second-order valence-electron chi connectivity index (χ2n) is 5.05. The van der Waals surface area contributed by atoms with Crippen molar-refractivity contribution in [2.45, 2.75) is 0 Å². The number of non-ortho nitro benzene ring substituents is 1. The van der Waals surface area contributed by atoms with Gasteiger partial charge in [-0.15, -0.1) is 0 Å². The normalized spacial score (nSPS) is 10.6. The van der Waals surface area contributed by atoms with Crippen LogP contribution in [0.1, 0.15) is 5.56 Å². The quantitative estimate of drug-likeness (QED) is 0.309. The molecular formula is C17H11Cl3N2O5. The van der Waals surface area contributed by atoms with Crippen LogP contribution in [0.2, 0.25) is 15.1 Å². The Balaban J connectivity index is 1.94. The Morgan fingerprint density at radius 2 is 1.78 bits per heavy atom. The highest BCUT2D eigenvalue weighted by atomic mass is 35.5. The van der Waals surface area contributed by atoms with Crippen LogP contribution in [0.4, 0.5) is 11.4 Å². The number of anilines is 1. The molecule has 0 saturated heterocycles. The molecule has 1 N–H and O–H groups in total. The summed E-state index contributed by atoms with van der Waals surface area (Å²) in [5.74, 6) is -1.51. The summed E-state index contributed by atoms with van der Waals surface area (Å²) in [5.41, 5.74) is 0.224. The van der Waals surface area contributed by atoms with Crippen LogP contribution < -0.4 is 5.32 Å². The van der Waals surface area contributed by atoms with E-state index in [4.69, 9.17) is 39.5 Å². The first kappa shape index (κ1) is 20.7. The van der Waals surface area contributed by atoms with E-state index < -0.39 is 23.4 Å². The van der Waals surface area contributed by atoms with Crippen LogP contribution in [0.15, 0.2) is 42.5 Å². The van der Waals surface area contributed by atoms with Gasteiger partial charge >= 0.3 is 5.97 Å². The maximum Gasteiger partial charge on any atom is 0.331 e. The molecule has 0 fully saturated rings. The number of benzene rings is 2. The summed E-state index contributed by atoms with van der Waals surface area (Å²) in [6.45, 7) is -0.613. The monoisotopic (exact) mass is 428 g/mol. The van der Waals surface area contributed by atoms with Gasteiger partial charge < -0.3 is 10.1 Å². The zero-order valence-electron chi connectivity index (χ0n) is 13.4. The minimum absolute atomic E-state index is 0.0327. The molecule has 0 aliphatic carbocycles. The topological polar surface area (TPSA) is 98.5 Å². The molecule has 0 aliphatic heterocycles. The van der Waals surface area contributed by atoms with Crippen LogP contribution in [0.25, 0.3) is 6.08 Å².